The van der Waals surface area contributed by atoms with E-state index in [-0.39, 0.29) is 5.56 Å². The average molecular weight is 266 g/mol. The zero-order chi connectivity index (χ0) is 13.3. The standard InChI is InChI=1S/C14H13ClFNO/c1-8-5-9(2)13(11(16)6-8)14(18)10-3-4-12(15)17-7-10/h3-7,14,18H,1-2H3. The van der Waals surface area contributed by atoms with Gasteiger partial charge in [0, 0.05) is 17.3 Å². The van der Waals surface area contributed by atoms with E-state index in [1.54, 1.807) is 19.1 Å². The summed E-state index contributed by atoms with van der Waals surface area (Å²) in [6, 6.07) is 6.46. The monoisotopic (exact) mass is 265 g/mol. The highest BCUT2D eigenvalue weighted by Gasteiger charge is 2.18. The summed E-state index contributed by atoms with van der Waals surface area (Å²) in [7, 11) is 0. The second kappa shape index (κ2) is 5.04. The molecule has 0 aliphatic carbocycles. The van der Waals surface area contributed by atoms with Crippen LogP contribution in [0.5, 0.6) is 0 Å². The highest BCUT2D eigenvalue weighted by Crippen LogP contribution is 2.28. The molecule has 1 aromatic heterocycles. The molecule has 0 aliphatic rings. The Labute approximate surface area is 110 Å². The number of aliphatic hydroxyl groups is 1. The van der Waals surface area contributed by atoms with Gasteiger partial charge in [-0.1, -0.05) is 23.7 Å². The van der Waals surface area contributed by atoms with E-state index >= 15 is 0 Å². The van der Waals surface area contributed by atoms with Crippen LogP contribution in [0, 0.1) is 19.7 Å². The van der Waals surface area contributed by atoms with E-state index in [9.17, 15) is 9.50 Å². The lowest BCUT2D eigenvalue weighted by Crippen LogP contribution is -2.06. The van der Waals surface area contributed by atoms with E-state index in [4.69, 9.17) is 11.6 Å². The van der Waals surface area contributed by atoms with Crippen LogP contribution in [0.4, 0.5) is 4.39 Å². The van der Waals surface area contributed by atoms with Crippen LogP contribution in [-0.2, 0) is 0 Å². The Morgan fingerprint density at radius 3 is 2.56 bits per heavy atom. The Morgan fingerprint density at radius 1 is 1.28 bits per heavy atom. The fraction of sp³-hybridized carbons (Fsp3) is 0.214. The molecular weight excluding hydrogens is 253 g/mol. The molecule has 94 valence electrons. The molecule has 0 aliphatic heterocycles. The van der Waals surface area contributed by atoms with E-state index in [1.165, 1.54) is 12.3 Å². The summed E-state index contributed by atoms with van der Waals surface area (Å²) in [4.78, 5) is 3.89. The predicted molar refractivity (Wildman–Crippen MR) is 69.2 cm³/mol. The number of aromatic nitrogens is 1. The molecule has 1 atom stereocenters. The predicted octanol–water partition coefficient (Wildman–Crippen LogP) is 3.57. The summed E-state index contributed by atoms with van der Waals surface area (Å²) in [6.07, 6.45) is 0.418. The topological polar surface area (TPSA) is 33.1 Å². The lowest BCUT2D eigenvalue weighted by Gasteiger charge is -2.15. The maximum absolute atomic E-state index is 13.9. The SMILES string of the molecule is Cc1cc(C)c(C(O)c2ccc(Cl)nc2)c(F)c1. The second-order valence-corrected chi connectivity index (χ2v) is 4.68. The molecule has 2 rings (SSSR count). The van der Waals surface area contributed by atoms with Gasteiger partial charge in [-0.15, -0.1) is 0 Å². The van der Waals surface area contributed by atoms with Gasteiger partial charge in [0.05, 0.1) is 0 Å². The molecule has 1 heterocycles. The Kier molecular flexibility index (Phi) is 3.64. The minimum atomic E-state index is -1.03. The molecule has 0 saturated carbocycles. The van der Waals surface area contributed by atoms with Crippen LogP contribution >= 0.6 is 11.6 Å². The normalized spacial score (nSPS) is 12.5. The molecule has 0 saturated heterocycles. The summed E-state index contributed by atoms with van der Waals surface area (Å²) < 4.78 is 13.9. The summed E-state index contributed by atoms with van der Waals surface area (Å²) in [5, 5.41) is 10.6. The summed E-state index contributed by atoms with van der Waals surface area (Å²) in [5.41, 5.74) is 2.35. The fourth-order valence-electron chi connectivity index (χ4n) is 1.99. The lowest BCUT2D eigenvalue weighted by atomic mass is 9.96. The van der Waals surface area contributed by atoms with E-state index < -0.39 is 11.9 Å². The molecule has 2 aromatic rings. The third kappa shape index (κ3) is 2.52. The van der Waals surface area contributed by atoms with Crippen molar-refractivity contribution in [3.05, 3.63) is 63.7 Å². The third-order valence-corrected chi connectivity index (χ3v) is 3.04. The largest absolute Gasteiger partial charge is 0.383 e. The molecule has 1 N–H and O–H groups in total. The van der Waals surface area contributed by atoms with E-state index in [0.717, 1.165) is 11.1 Å². The Bertz CT molecular complexity index is 546. The minimum absolute atomic E-state index is 0.282. The molecule has 2 nitrogen and oxygen atoms in total. The summed E-state index contributed by atoms with van der Waals surface area (Å²) in [5.74, 6) is -0.407. The van der Waals surface area contributed by atoms with Gasteiger partial charge in [-0.25, -0.2) is 9.37 Å². The van der Waals surface area contributed by atoms with Gasteiger partial charge in [0.2, 0.25) is 0 Å². The van der Waals surface area contributed by atoms with E-state index in [2.05, 4.69) is 4.98 Å². The molecule has 1 unspecified atom stereocenters. The number of rotatable bonds is 2. The number of nitrogens with zero attached hydrogens (tertiary/aromatic N) is 1. The van der Waals surface area contributed by atoms with Crippen molar-refractivity contribution in [2.24, 2.45) is 0 Å². The highest BCUT2D eigenvalue weighted by atomic mass is 35.5. The molecule has 0 amide bonds. The zero-order valence-corrected chi connectivity index (χ0v) is 10.9. The van der Waals surface area contributed by atoms with Crippen molar-refractivity contribution in [2.75, 3.05) is 0 Å². The molecule has 4 heteroatoms. The van der Waals surface area contributed by atoms with Crippen LogP contribution in [-0.4, -0.2) is 10.1 Å². The number of aryl methyl sites for hydroxylation is 2. The number of benzene rings is 1. The van der Waals surface area contributed by atoms with Crippen LogP contribution in [0.25, 0.3) is 0 Å². The number of pyridine rings is 1. The van der Waals surface area contributed by atoms with Crippen molar-refractivity contribution in [1.82, 2.24) is 4.98 Å². The Hall–Kier alpha value is -1.45. The number of hydrogen-bond acceptors (Lipinski definition) is 2. The van der Waals surface area contributed by atoms with E-state index in [1.807, 2.05) is 13.0 Å². The van der Waals surface area contributed by atoms with Crippen LogP contribution in [0.15, 0.2) is 30.5 Å². The van der Waals surface area contributed by atoms with Crippen molar-refractivity contribution in [2.45, 2.75) is 20.0 Å². The van der Waals surface area contributed by atoms with Gasteiger partial charge in [0.1, 0.15) is 17.1 Å². The van der Waals surface area contributed by atoms with E-state index in [0.29, 0.717) is 10.7 Å². The first-order valence-corrected chi connectivity index (χ1v) is 5.93. The smallest absolute Gasteiger partial charge is 0.129 e. The average Bonchev–Trinajstić information content (AvgIpc) is 2.28. The van der Waals surface area contributed by atoms with Crippen LogP contribution < -0.4 is 0 Å². The Morgan fingerprint density at radius 2 is 2.00 bits per heavy atom. The molecule has 18 heavy (non-hydrogen) atoms. The van der Waals surface area contributed by atoms with Crippen LogP contribution in [0.2, 0.25) is 5.15 Å². The van der Waals surface area contributed by atoms with Gasteiger partial charge in [-0.2, -0.15) is 0 Å². The van der Waals surface area contributed by atoms with Crippen molar-refractivity contribution >= 4 is 11.6 Å². The number of halogens is 2. The van der Waals surface area contributed by atoms with Crippen molar-refractivity contribution in [3.63, 3.8) is 0 Å². The van der Waals surface area contributed by atoms with Crippen LogP contribution in [0.1, 0.15) is 28.4 Å². The lowest BCUT2D eigenvalue weighted by molar-refractivity contribution is 0.213. The first kappa shape index (κ1) is 13.0. The number of aliphatic hydroxyl groups excluding tert-OH is 1. The molecule has 1 aromatic carbocycles. The van der Waals surface area contributed by atoms with Crippen LogP contribution in [0.3, 0.4) is 0 Å². The van der Waals surface area contributed by atoms with Gasteiger partial charge in [0.15, 0.2) is 0 Å². The van der Waals surface area contributed by atoms with Crippen molar-refractivity contribution in [1.29, 1.82) is 0 Å². The maximum Gasteiger partial charge on any atom is 0.129 e. The summed E-state index contributed by atoms with van der Waals surface area (Å²) in [6.45, 7) is 3.59. The second-order valence-electron chi connectivity index (χ2n) is 4.29. The minimum Gasteiger partial charge on any atom is -0.383 e. The van der Waals surface area contributed by atoms with Crippen molar-refractivity contribution < 1.29 is 9.50 Å². The molecule has 0 fully saturated rings. The molecule has 0 radical (unpaired) electrons. The van der Waals surface area contributed by atoms with Crippen molar-refractivity contribution in [3.8, 4) is 0 Å². The Balaban J connectivity index is 2.46. The van der Waals surface area contributed by atoms with Gasteiger partial charge in [0.25, 0.3) is 0 Å². The third-order valence-electron chi connectivity index (χ3n) is 2.82. The number of hydrogen-bond donors (Lipinski definition) is 1. The molecule has 0 spiro atoms. The van der Waals surface area contributed by atoms with Gasteiger partial charge >= 0.3 is 0 Å². The quantitative estimate of drug-likeness (QED) is 0.842. The van der Waals surface area contributed by atoms with Gasteiger partial charge < -0.3 is 5.11 Å². The zero-order valence-electron chi connectivity index (χ0n) is 10.1. The van der Waals surface area contributed by atoms with Gasteiger partial charge in [-0.3, -0.25) is 0 Å². The first-order chi connectivity index (χ1) is 8.49. The maximum atomic E-state index is 13.9. The fourth-order valence-corrected chi connectivity index (χ4v) is 2.10. The summed E-state index contributed by atoms with van der Waals surface area (Å²) >= 11 is 5.68. The van der Waals surface area contributed by atoms with Gasteiger partial charge in [-0.05, 0) is 37.1 Å². The highest BCUT2D eigenvalue weighted by molar-refractivity contribution is 6.29. The first-order valence-electron chi connectivity index (χ1n) is 5.55. The molecular formula is C14H13ClFNO. The molecule has 0 bridgehead atoms.